The lowest BCUT2D eigenvalue weighted by molar-refractivity contribution is -0.198. The molecule has 1 saturated heterocycles. The Labute approximate surface area is 135 Å². The number of carbonyl (C=O) groups excluding carboxylic acids is 1. The molecule has 2 rings (SSSR count). The Balaban J connectivity index is 0.00000242. The number of amides is 1. The molecule has 0 spiro atoms. The van der Waals surface area contributed by atoms with Gasteiger partial charge >= 0.3 is 6.18 Å². The highest BCUT2D eigenvalue weighted by Gasteiger charge is 2.47. The second kappa shape index (κ2) is 8.93. The summed E-state index contributed by atoms with van der Waals surface area (Å²) in [7, 11) is 0. The van der Waals surface area contributed by atoms with Gasteiger partial charge in [0, 0.05) is 45.2 Å². The van der Waals surface area contributed by atoms with E-state index in [-0.39, 0.29) is 18.8 Å². The first-order valence-corrected chi connectivity index (χ1v) is 7.76. The minimum absolute atomic E-state index is 0. The van der Waals surface area contributed by atoms with Gasteiger partial charge in [-0.1, -0.05) is 12.8 Å². The Hall–Kier alpha value is -0.530. The van der Waals surface area contributed by atoms with E-state index in [0.717, 1.165) is 26.2 Å². The number of carbonyl (C=O) groups is 1. The zero-order chi connectivity index (χ0) is 15.3. The van der Waals surface area contributed by atoms with E-state index >= 15 is 0 Å². The van der Waals surface area contributed by atoms with E-state index in [4.69, 9.17) is 0 Å². The van der Waals surface area contributed by atoms with Crippen molar-refractivity contribution in [3.63, 3.8) is 0 Å². The first-order chi connectivity index (χ1) is 9.98. The van der Waals surface area contributed by atoms with Gasteiger partial charge in [0.15, 0.2) is 0 Å². The Morgan fingerprint density at radius 1 is 1.18 bits per heavy atom. The van der Waals surface area contributed by atoms with E-state index < -0.39 is 23.9 Å². The number of nitrogens with zero attached hydrogens (tertiary/aromatic N) is 1. The molecule has 2 atom stereocenters. The van der Waals surface area contributed by atoms with Crippen LogP contribution < -0.4 is 10.6 Å². The lowest BCUT2D eigenvalue weighted by atomic mass is 9.78. The Kier molecular flexibility index (Phi) is 7.93. The van der Waals surface area contributed by atoms with Crippen LogP contribution in [0.1, 0.15) is 25.7 Å². The maximum atomic E-state index is 13.0. The minimum Gasteiger partial charge on any atom is -0.355 e. The topological polar surface area (TPSA) is 44.4 Å². The van der Waals surface area contributed by atoms with Gasteiger partial charge in [-0.05, 0) is 12.8 Å². The summed E-state index contributed by atoms with van der Waals surface area (Å²) < 4.78 is 38.9. The lowest BCUT2D eigenvalue weighted by Crippen LogP contribution is -2.48. The standard InChI is InChI=1S/C14H24F3N3O.ClH/c15-14(16,17)12-4-2-1-3-11(12)13(21)19-7-10-20-8-5-18-6-9-20;/h11-12,18H,1-10H2,(H,19,21);1H. The van der Waals surface area contributed by atoms with Crippen molar-refractivity contribution in [2.24, 2.45) is 11.8 Å². The highest BCUT2D eigenvalue weighted by molar-refractivity contribution is 5.85. The predicted octanol–water partition coefficient (Wildman–Crippen LogP) is 1.80. The summed E-state index contributed by atoms with van der Waals surface area (Å²) in [5, 5.41) is 5.93. The van der Waals surface area contributed by atoms with Crippen LogP contribution in [0.2, 0.25) is 0 Å². The largest absolute Gasteiger partial charge is 0.392 e. The number of piperazine rings is 1. The van der Waals surface area contributed by atoms with Crippen molar-refractivity contribution in [2.75, 3.05) is 39.3 Å². The summed E-state index contributed by atoms with van der Waals surface area (Å²) in [4.78, 5) is 14.3. The van der Waals surface area contributed by atoms with Crippen LogP contribution in [0.3, 0.4) is 0 Å². The highest BCUT2D eigenvalue weighted by Crippen LogP contribution is 2.41. The Bertz CT molecular complexity index is 349. The zero-order valence-electron chi connectivity index (χ0n) is 12.6. The van der Waals surface area contributed by atoms with Gasteiger partial charge in [0.25, 0.3) is 0 Å². The van der Waals surface area contributed by atoms with Crippen molar-refractivity contribution in [3.05, 3.63) is 0 Å². The summed E-state index contributed by atoms with van der Waals surface area (Å²) >= 11 is 0. The van der Waals surface area contributed by atoms with Gasteiger partial charge in [-0.15, -0.1) is 12.4 Å². The van der Waals surface area contributed by atoms with E-state index in [2.05, 4.69) is 15.5 Å². The van der Waals surface area contributed by atoms with Gasteiger partial charge in [-0.3, -0.25) is 9.69 Å². The molecule has 1 amide bonds. The zero-order valence-corrected chi connectivity index (χ0v) is 13.4. The van der Waals surface area contributed by atoms with Crippen molar-refractivity contribution < 1.29 is 18.0 Å². The SMILES string of the molecule is Cl.O=C(NCCN1CCNCC1)C1CCCCC1C(F)(F)F. The van der Waals surface area contributed by atoms with Crippen LogP contribution in [-0.2, 0) is 4.79 Å². The summed E-state index contributed by atoms with van der Waals surface area (Å²) in [6, 6.07) is 0. The lowest BCUT2D eigenvalue weighted by Gasteiger charge is -2.32. The number of hydrogen-bond donors (Lipinski definition) is 2. The molecular weight excluding hydrogens is 319 g/mol. The molecular formula is C14H25ClF3N3O. The third kappa shape index (κ3) is 5.59. The summed E-state index contributed by atoms with van der Waals surface area (Å²) in [6.07, 6.45) is -2.55. The molecule has 0 aromatic rings. The molecule has 22 heavy (non-hydrogen) atoms. The van der Waals surface area contributed by atoms with Crippen LogP contribution in [-0.4, -0.2) is 56.3 Å². The van der Waals surface area contributed by atoms with Gasteiger partial charge in [0.05, 0.1) is 5.92 Å². The quantitative estimate of drug-likeness (QED) is 0.818. The minimum atomic E-state index is -4.26. The van der Waals surface area contributed by atoms with Crippen LogP contribution in [0.15, 0.2) is 0 Å². The molecule has 130 valence electrons. The number of alkyl halides is 3. The van der Waals surface area contributed by atoms with Crippen molar-refractivity contribution in [1.82, 2.24) is 15.5 Å². The second-order valence-electron chi connectivity index (χ2n) is 5.92. The summed E-state index contributed by atoms with van der Waals surface area (Å²) in [5.41, 5.74) is 0. The highest BCUT2D eigenvalue weighted by atomic mass is 35.5. The molecule has 1 aliphatic carbocycles. The van der Waals surface area contributed by atoms with Crippen LogP contribution in [0.5, 0.6) is 0 Å². The van der Waals surface area contributed by atoms with Crippen molar-refractivity contribution >= 4 is 18.3 Å². The third-order valence-corrected chi connectivity index (χ3v) is 4.46. The van der Waals surface area contributed by atoms with Crippen molar-refractivity contribution in [2.45, 2.75) is 31.9 Å². The second-order valence-corrected chi connectivity index (χ2v) is 5.92. The fourth-order valence-electron chi connectivity index (χ4n) is 3.24. The van der Waals surface area contributed by atoms with Crippen LogP contribution in [0.25, 0.3) is 0 Å². The molecule has 0 aromatic carbocycles. The van der Waals surface area contributed by atoms with E-state index in [1.807, 2.05) is 0 Å². The smallest absolute Gasteiger partial charge is 0.355 e. The Morgan fingerprint density at radius 2 is 1.82 bits per heavy atom. The molecule has 0 bridgehead atoms. The monoisotopic (exact) mass is 343 g/mol. The average Bonchev–Trinajstić information content (AvgIpc) is 2.47. The van der Waals surface area contributed by atoms with Gasteiger partial charge in [0.1, 0.15) is 0 Å². The maximum Gasteiger partial charge on any atom is 0.392 e. The van der Waals surface area contributed by atoms with Gasteiger partial charge in [-0.25, -0.2) is 0 Å². The number of halogens is 4. The average molecular weight is 344 g/mol. The number of rotatable bonds is 4. The maximum absolute atomic E-state index is 13.0. The first kappa shape index (κ1) is 19.5. The predicted molar refractivity (Wildman–Crippen MR) is 81.1 cm³/mol. The molecule has 1 heterocycles. The Morgan fingerprint density at radius 3 is 2.45 bits per heavy atom. The van der Waals surface area contributed by atoms with Crippen molar-refractivity contribution in [1.29, 1.82) is 0 Å². The molecule has 2 unspecified atom stereocenters. The molecule has 2 aliphatic rings. The van der Waals surface area contributed by atoms with Crippen LogP contribution >= 0.6 is 12.4 Å². The molecule has 2 fully saturated rings. The van der Waals surface area contributed by atoms with E-state index in [9.17, 15) is 18.0 Å². The number of hydrogen-bond acceptors (Lipinski definition) is 3. The molecule has 0 radical (unpaired) electrons. The molecule has 4 nitrogen and oxygen atoms in total. The van der Waals surface area contributed by atoms with Gasteiger partial charge in [0.2, 0.25) is 5.91 Å². The van der Waals surface area contributed by atoms with E-state index in [0.29, 0.717) is 32.4 Å². The van der Waals surface area contributed by atoms with E-state index in [1.54, 1.807) is 0 Å². The third-order valence-electron chi connectivity index (χ3n) is 4.46. The molecule has 8 heteroatoms. The van der Waals surface area contributed by atoms with Gasteiger partial charge in [-0.2, -0.15) is 13.2 Å². The molecule has 1 saturated carbocycles. The summed E-state index contributed by atoms with van der Waals surface area (Å²) in [5.74, 6) is -2.79. The van der Waals surface area contributed by atoms with Crippen LogP contribution in [0, 0.1) is 11.8 Å². The fourth-order valence-corrected chi connectivity index (χ4v) is 3.24. The molecule has 1 aliphatic heterocycles. The molecule has 2 N–H and O–H groups in total. The summed E-state index contributed by atoms with van der Waals surface area (Å²) in [6.45, 7) is 4.82. The fraction of sp³-hybridized carbons (Fsp3) is 0.929. The van der Waals surface area contributed by atoms with Crippen molar-refractivity contribution in [3.8, 4) is 0 Å². The first-order valence-electron chi connectivity index (χ1n) is 7.76. The van der Waals surface area contributed by atoms with Crippen LogP contribution in [0.4, 0.5) is 13.2 Å². The van der Waals surface area contributed by atoms with E-state index in [1.165, 1.54) is 0 Å². The van der Waals surface area contributed by atoms with Gasteiger partial charge < -0.3 is 10.6 Å². The molecule has 0 aromatic heterocycles. The number of nitrogens with one attached hydrogen (secondary N) is 2. The normalized spacial score (nSPS) is 27.0.